The summed E-state index contributed by atoms with van der Waals surface area (Å²) in [4.78, 5) is 39.8. The molecule has 1 aliphatic heterocycles. The number of carbonyl (C=O) groups is 1. The van der Waals surface area contributed by atoms with Crippen LogP contribution >= 0.6 is 0 Å². The molecule has 6 heteroatoms. The highest BCUT2D eigenvalue weighted by atomic mass is 16.2. The molecule has 0 aliphatic carbocycles. The normalized spacial score (nSPS) is 20.9. The van der Waals surface area contributed by atoms with E-state index in [0.717, 1.165) is 19.4 Å². The molecule has 1 fully saturated rings. The van der Waals surface area contributed by atoms with Crippen molar-refractivity contribution in [1.29, 1.82) is 0 Å². The van der Waals surface area contributed by atoms with E-state index in [2.05, 4.69) is 9.88 Å². The van der Waals surface area contributed by atoms with E-state index in [0.29, 0.717) is 6.54 Å². The van der Waals surface area contributed by atoms with Gasteiger partial charge < -0.3 is 9.88 Å². The van der Waals surface area contributed by atoms with Crippen LogP contribution in [0.2, 0.25) is 0 Å². The summed E-state index contributed by atoms with van der Waals surface area (Å²) in [6.07, 6.45) is 2.93. The zero-order valence-corrected chi connectivity index (χ0v) is 10.6. The van der Waals surface area contributed by atoms with Crippen molar-refractivity contribution in [2.45, 2.75) is 25.8 Å². The first kappa shape index (κ1) is 12.8. The maximum absolute atomic E-state index is 12.1. The van der Waals surface area contributed by atoms with Crippen LogP contribution in [0.4, 0.5) is 0 Å². The average molecular weight is 251 g/mol. The van der Waals surface area contributed by atoms with E-state index in [1.54, 1.807) is 0 Å². The Hall–Kier alpha value is -1.69. The Balaban J connectivity index is 2.49. The van der Waals surface area contributed by atoms with Crippen molar-refractivity contribution < 1.29 is 4.79 Å². The number of piperidine rings is 1. The summed E-state index contributed by atoms with van der Waals surface area (Å²) in [6.45, 7) is 2.95. The van der Waals surface area contributed by atoms with Gasteiger partial charge in [-0.1, -0.05) is 0 Å². The van der Waals surface area contributed by atoms with E-state index in [4.69, 9.17) is 0 Å². The number of likely N-dealkylation sites (N-methyl/N-ethyl adjacent to an activating group) is 1. The van der Waals surface area contributed by atoms with E-state index in [1.165, 1.54) is 17.7 Å². The second kappa shape index (κ2) is 4.89. The quantitative estimate of drug-likeness (QED) is 0.751. The molecule has 98 valence electrons. The minimum atomic E-state index is -0.480. The lowest BCUT2D eigenvalue weighted by Gasteiger charge is -2.30. The van der Waals surface area contributed by atoms with Crippen LogP contribution in [0.15, 0.2) is 15.8 Å². The van der Waals surface area contributed by atoms with Crippen molar-refractivity contribution in [2.75, 3.05) is 20.1 Å². The summed E-state index contributed by atoms with van der Waals surface area (Å²) in [6, 6.07) is -0.153. The molecule has 1 aromatic heterocycles. The molecule has 1 aliphatic rings. The number of hydrogen-bond acceptors (Lipinski definition) is 4. The van der Waals surface area contributed by atoms with Crippen LogP contribution in [-0.2, 0) is 0 Å². The first-order chi connectivity index (χ1) is 8.50. The standard InChI is InChI=1S/C12H17N3O3/c1-8(16)10-6-13-12(18)15(11(10)17)9-4-3-5-14(2)7-9/h6,9H,3-5,7H2,1-2H3,(H,13,18). The number of rotatable bonds is 2. The fourth-order valence-corrected chi connectivity index (χ4v) is 2.42. The number of aromatic nitrogens is 2. The van der Waals surface area contributed by atoms with Crippen molar-refractivity contribution >= 4 is 5.78 Å². The molecule has 0 radical (unpaired) electrons. The predicted molar refractivity (Wildman–Crippen MR) is 67.1 cm³/mol. The molecule has 0 bridgehead atoms. The van der Waals surface area contributed by atoms with E-state index < -0.39 is 11.2 Å². The summed E-state index contributed by atoms with van der Waals surface area (Å²) < 4.78 is 1.19. The van der Waals surface area contributed by atoms with Crippen molar-refractivity contribution in [3.8, 4) is 0 Å². The summed E-state index contributed by atoms with van der Waals surface area (Å²) in [7, 11) is 1.96. The molecule has 1 N–H and O–H groups in total. The summed E-state index contributed by atoms with van der Waals surface area (Å²) in [5.74, 6) is -0.325. The Morgan fingerprint density at radius 3 is 2.78 bits per heavy atom. The molecule has 2 heterocycles. The van der Waals surface area contributed by atoms with E-state index in [-0.39, 0.29) is 17.4 Å². The third kappa shape index (κ3) is 2.28. The number of H-pyrrole nitrogens is 1. The van der Waals surface area contributed by atoms with Gasteiger partial charge in [-0.25, -0.2) is 4.79 Å². The number of nitrogens with one attached hydrogen (secondary N) is 1. The highest BCUT2D eigenvalue weighted by Crippen LogP contribution is 2.17. The van der Waals surface area contributed by atoms with Gasteiger partial charge in [0.05, 0.1) is 11.6 Å². The zero-order valence-electron chi connectivity index (χ0n) is 10.6. The van der Waals surface area contributed by atoms with Gasteiger partial charge in [-0.3, -0.25) is 14.2 Å². The highest BCUT2D eigenvalue weighted by molar-refractivity contribution is 5.93. The van der Waals surface area contributed by atoms with Gasteiger partial charge >= 0.3 is 5.69 Å². The first-order valence-electron chi connectivity index (χ1n) is 6.04. The van der Waals surface area contributed by atoms with Crippen LogP contribution in [0.5, 0.6) is 0 Å². The minimum absolute atomic E-state index is 0.0443. The minimum Gasteiger partial charge on any atom is -0.313 e. The maximum Gasteiger partial charge on any atom is 0.328 e. The van der Waals surface area contributed by atoms with E-state index in [1.807, 2.05) is 7.05 Å². The molecule has 1 atom stereocenters. The number of hydrogen-bond donors (Lipinski definition) is 1. The van der Waals surface area contributed by atoms with Crippen molar-refractivity contribution in [2.24, 2.45) is 0 Å². The topological polar surface area (TPSA) is 75.2 Å². The number of aromatic amines is 1. The molecule has 1 unspecified atom stereocenters. The number of nitrogens with zero attached hydrogens (tertiary/aromatic N) is 2. The van der Waals surface area contributed by atoms with Gasteiger partial charge in [0.15, 0.2) is 5.78 Å². The molecule has 1 aromatic rings. The smallest absolute Gasteiger partial charge is 0.313 e. The maximum atomic E-state index is 12.1. The molecule has 6 nitrogen and oxygen atoms in total. The van der Waals surface area contributed by atoms with Crippen LogP contribution in [0.1, 0.15) is 36.2 Å². The summed E-state index contributed by atoms with van der Waals surface area (Å²) in [5.41, 5.74) is -0.875. The molecule has 0 aromatic carbocycles. The second-order valence-corrected chi connectivity index (χ2v) is 4.80. The third-order valence-electron chi connectivity index (χ3n) is 3.35. The number of carbonyl (C=O) groups excluding carboxylic acids is 1. The van der Waals surface area contributed by atoms with Gasteiger partial charge in [0, 0.05) is 12.7 Å². The average Bonchev–Trinajstić information content (AvgIpc) is 2.28. The van der Waals surface area contributed by atoms with Crippen molar-refractivity contribution in [1.82, 2.24) is 14.5 Å². The Bertz CT molecular complexity index is 573. The SMILES string of the molecule is CC(=O)c1c[nH]c(=O)n(C2CCCN(C)C2)c1=O. The molecular weight excluding hydrogens is 234 g/mol. The summed E-state index contributed by atoms with van der Waals surface area (Å²) >= 11 is 0. The van der Waals surface area contributed by atoms with Gasteiger partial charge in [0.25, 0.3) is 5.56 Å². The third-order valence-corrected chi connectivity index (χ3v) is 3.35. The summed E-state index contributed by atoms with van der Waals surface area (Å²) in [5, 5.41) is 0. The Kier molecular flexibility index (Phi) is 3.47. The van der Waals surface area contributed by atoms with E-state index in [9.17, 15) is 14.4 Å². The Labute approximate surface area is 104 Å². The van der Waals surface area contributed by atoms with Crippen LogP contribution in [-0.4, -0.2) is 40.4 Å². The number of likely N-dealkylation sites (tertiary alicyclic amines) is 1. The zero-order chi connectivity index (χ0) is 13.3. The van der Waals surface area contributed by atoms with E-state index >= 15 is 0 Å². The first-order valence-corrected chi connectivity index (χ1v) is 6.04. The van der Waals surface area contributed by atoms with Gasteiger partial charge in [-0.2, -0.15) is 0 Å². The lowest BCUT2D eigenvalue weighted by molar-refractivity contribution is 0.101. The predicted octanol–water partition coefficient (Wildman–Crippen LogP) is 0.00590. The van der Waals surface area contributed by atoms with Gasteiger partial charge in [0.1, 0.15) is 0 Å². The molecule has 18 heavy (non-hydrogen) atoms. The van der Waals surface area contributed by atoms with Crippen LogP contribution in [0.3, 0.4) is 0 Å². The Morgan fingerprint density at radius 1 is 1.44 bits per heavy atom. The van der Waals surface area contributed by atoms with Crippen LogP contribution in [0, 0.1) is 0 Å². The molecule has 2 rings (SSSR count). The van der Waals surface area contributed by atoms with Gasteiger partial charge in [-0.15, -0.1) is 0 Å². The number of Topliss-reactive ketones (excluding diaryl/α,β-unsaturated/α-hetero) is 1. The molecule has 1 saturated heterocycles. The highest BCUT2D eigenvalue weighted by Gasteiger charge is 2.23. The molecule has 0 spiro atoms. The van der Waals surface area contributed by atoms with Gasteiger partial charge in [-0.05, 0) is 33.4 Å². The van der Waals surface area contributed by atoms with Crippen molar-refractivity contribution in [3.05, 3.63) is 32.6 Å². The monoisotopic (exact) mass is 251 g/mol. The number of ketones is 1. The lowest BCUT2D eigenvalue weighted by Crippen LogP contribution is -2.45. The largest absolute Gasteiger partial charge is 0.328 e. The fraction of sp³-hybridized carbons (Fsp3) is 0.583. The fourth-order valence-electron chi connectivity index (χ4n) is 2.42. The molecule has 0 amide bonds. The molecular formula is C12H17N3O3. The van der Waals surface area contributed by atoms with Crippen LogP contribution in [0.25, 0.3) is 0 Å². The molecule has 0 saturated carbocycles. The van der Waals surface area contributed by atoms with Crippen LogP contribution < -0.4 is 11.2 Å². The lowest BCUT2D eigenvalue weighted by atomic mass is 10.1. The van der Waals surface area contributed by atoms with Crippen molar-refractivity contribution in [3.63, 3.8) is 0 Å². The Morgan fingerprint density at radius 2 is 2.17 bits per heavy atom. The van der Waals surface area contributed by atoms with Gasteiger partial charge in [0.2, 0.25) is 0 Å². The second-order valence-electron chi connectivity index (χ2n) is 4.80.